The summed E-state index contributed by atoms with van der Waals surface area (Å²) < 4.78 is 2.37. The Labute approximate surface area is 140 Å². The molecule has 0 N–H and O–H groups in total. The van der Waals surface area contributed by atoms with Gasteiger partial charge in [0.15, 0.2) is 0 Å². The van der Waals surface area contributed by atoms with Gasteiger partial charge in [0.2, 0.25) is 0 Å². The second kappa shape index (κ2) is 4.18. The first kappa shape index (κ1) is 12.6. The number of benzene rings is 3. The number of fused-ring (bicyclic) bond motifs is 3. The molecule has 0 saturated heterocycles. The fourth-order valence-electron chi connectivity index (χ4n) is 4.90. The Morgan fingerprint density at radius 1 is 0.875 bits per heavy atom. The minimum absolute atomic E-state index is 0.461. The molecule has 0 fully saturated rings. The molecule has 1 atom stereocenters. The van der Waals surface area contributed by atoms with Gasteiger partial charge in [0.25, 0.3) is 0 Å². The van der Waals surface area contributed by atoms with Crippen LogP contribution in [0.5, 0.6) is 0 Å². The molecule has 0 saturated carbocycles. The smallest absolute Gasteiger partial charge is 0.0492 e. The van der Waals surface area contributed by atoms with E-state index < -0.39 is 0 Å². The maximum atomic E-state index is 2.37. The second-order valence-corrected chi connectivity index (χ2v) is 7.00. The quantitative estimate of drug-likeness (QED) is 0.383. The SMILES string of the molecule is Cn1c2c3c4c5c(cccc5ccc41)-c1ccccc1C3CC=C2. The van der Waals surface area contributed by atoms with E-state index >= 15 is 0 Å². The summed E-state index contributed by atoms with van der Waals surface area (Å²) in [5.74, 6) is 0.461. The van der Waals surface area contributed by atoms with Gasteiger partial charge in [-0.2, -0.15) is 0 Å². The summed E-state index contributed by atoms with van der Waals surface area (Å²) in [5.41, 5.74) is 8.51. The molecule has 1 aromatic heterocycles. The normalized spacial score (nSPS) is 17.5. The van der Waals surface area contributed by atoms with Crippen LogP contribution < -0.4 is 0 Å². The lowest BCUT2D eigenvalue weighted by atomic mass is 9.83. The Kier molecular flexibility index (Phi) is 2.20. The van der Waals surface area contributed by atoms with Gasteiger partial charge in [-0.1, -0.05) is 54.6 Å². The first-order chi connectivity index (χ1) is 11.8. The van der Waals surface area contributed by atoms with Crippen molar-refractivity contribution in [1.29, 1.82) is 0 Å². The van der Waals surface area contributed by atoms with Gasteiger partial charge in [-0.3, -0.25) is 0 Å². The van der Waals surface area contributed by atoms with Crippen LogP contribution in [0, 0.1) is 0 Å². The lowest BCUT2D eigenvalue weighted by Gasteiger charge is -2.21. The summed E-state index contributed by atoms with van der Waals surface area (Å²) in [6, 6.07) is 20.3. The van der Waals surface area contributed by atoms with Crippen molar-refractivity contribution in [3.8, 4) is 11.1 Å². The summed E-state index contributed by atoms with van der Waals surface area (Å²) in [6.07, 6.45) is 5.75. The number of nitrogens with zero attached hydrogens (tertiary/aromatic N) is 1. The summed E-state index contributed by atoms with van der Waals surface area (Å²) in [4.78, 5) is 0. The first-order valence-corrected chi connectivity index (χ1v) is 8.64. The Morgan fingerprint density at radius 3 is 2.71 bits per heavy atom. The van der Waals surface area contributed by atoms with Crippen molar-refractivity contribution in [3.05, 3.63) is 77.5 Å². The van der Waals surface area contributed by atoms with Crippen LogP contribution in [0.3, 0.4) is 0 Å². The highest BCUT2D eigenvalue weighted by Gasteiger charge is 2.31. The molecular formula is C23H17N. The maximum Gasteiger partial charge on any atom is 0.0492 e. The Morgan fingerprint density at radius 2 is 1.75 bits per heavy atom. The van der Waals surface area contributed by atoms with Gasteiger partial charge in [0, 0.05) is 29.6 Å². The zero-order valence-electron chi connectivity index (χ0n) is 13.6. The monoisotopic (exact) mass is 307 g/mol. The minimum Gasteiger partial charge on any atom is -0.344 e. The average Bonchev–Trinajstić information content (AvgIpc) is 2.86. The third-order valence-electron chi connectivity index (χ3n) is 5.91. The molecule has 0 spiro atoms. The van der Waals surface area contributed by atoms with Gasteiger partial charge >= 0.3 is 0 Å². The Hall–Kier alpha value is -2.80. The van der Waals surface area contributed by atoms with Crippen molar-refractivity contribution < 1.29 is 0 Å². The lowest BCUT2D eigenvalue weighted by molar-refractivity contribution is 0.810. The molecule has 1 heterocycles. The van der Waals surface area contributed by atoms with Crippen LogP contribution in [-0.2, 0) is 7.05 Å². The molecule has 4 aromatic rings. The van der Waals surface area contributed by atoms with Crippen molar-refractivity contribution >= 4 is 27.8 Å². The first-order valence-electron chi connectivity index (χ1n) is 8.64. The van der Waals surface area contributed by atoms with E-state index in [1.165, 1.54) is 49.6 Å². The number of aryl methyl sites for hydroxylation is 1. The van der Waals surface area contributed by atoms with Crippen LogP contribution >= 0.6 is 0 Å². The molecule has 3 aromatic carbocycles. The van der Waals surface area contributed by atoms with Gasteiger partial charge in [0.1, 0.15) is 0 Å². The molecule has 2 aliphatic rings. The third kappa shape index (κ3) is 1.33. The van der Waals surface area contributed by atoms with Crippen LogP contribution in [0.4, 0.5) is 0 Å². The zero-order valence-corrected chi connectivity index (χ0v) is 13.6. The van der Waals surface area contributed by atoms with E-state index in [1.807, 2.05) is 0 Å². The van der Waals surface area contributed by atoms with Crippen molar-refractivity contribution in [2.75, 3.05) is 0 Å². The largest absolute Gasteiger partial charge is 0.344 e. The Balaban J connectivity index is 1.99. The van der Waals surface area contributed by atoms with Crippen LogP contribution in [0.15, 0.2) is 60.7 Å². The molecule has 2 aliphatic carbocycles. The zero-order chi connectivity index (χ0) is 15.8. The van der Waals surface area contributed by atoms with E-state index in [2.05, 4.69) is 78.4 Å². The van der Waals surface area contributed by atoms with E-state index in [1.54, 1.807) is 0 Å². The van der Waals surface area contributed by atoms with Gasteiger partial charge < -0.3 is 4.57 Å². The van der Waals surface area contributed by atoms with Crippen molar-refractivity contribution in [1.82, 2.24) is 4.57 Å². The summed E-state index contributed by atoms with van der Waals surface area (Å²) in [7, 11) is 2.20. The third-order valence-corrected chi connectivity index (χ3v) is 5.91. The molecule has 6 rings (SSSR count). The van der Waals surface area contributed by atoms with E-state index in [-0.39, 0.29) is 0 Å². The van der Waals surface area contributed by atoms with E-state index in [0.29, 0.717) is 5.92 Å². The van der Waals surface area contributed by atoms with E-state index in [4.69, 9.17) is 0 Å². The van der Waals surface area contributed by atoms with Crippen molar-refractivity contribution in [2.24, 2.45) is 7.05 Å². The average molecular weight is 307 g/mol. The van der Waals surface area contributed by atoms with Crippen molar-refractivity contribution in [2.45, 2.75) is 12.3 Å². The number of allylic oxidation sites excluding steroid dienone is 1. The molecule has 1 heteroatoms. The fraction of sp³-hybridized carbons (Fsp3) is 0.130. The molecule has 1 unspecified atom stereocenters. The molecule has 0 radical (unpaired) electrons. The highest BCUT2D eigenvalue weighted by atomic mass is 14.9. The van der Waals surface area contributed by atoms with Gasteiger partial charge in [-0.05, 0) is 51.6 Å². The van der Waals surface area contributed by atoms with Crippen molar-refractivity contribution in [3.63, 3.8) is 0 Å². The number of hydrogen-bond acceptors (Lipinski definition) is 0. The van der Waals surface area contributed by atoms with Crippen LogP contribution in [0.1, 0.15) is 29.2 Å². The molecule has 0 amide bonds. The van der Waals surface area contributed by atoms with Gasteiger partial charge in [-0.15, -0.1) is 0 Å². The summed E-state index contributed by atoms with van der Waals surface area (Å²) >= 11 is 0. The molecule has 114 valence electrons. The predicted octanol–water partition coefficient (Wildman–Crippen LogP) is 5.86. The van der Waals surface area contributed by atoms with Gasteiger partial charge in [-0.25, -0.2) is 0 Å². The van der Waals surface area contributed by atoms with Crippen LogP contribution in [0.2, 0.25) is 0 Å². The highest BCUT2D eigenvalue weighted by Crippen LogP contribution is 2.50. The van der Waals surface area contributed by atoms with Crippen LogP contribution in [0.25, 0.3) is 38.9 Å². The van der Waals surface area contributed by atoms with Gasteiger partial charge in [0.05, 0.1) is 0 Å². The molecule has 24 heavy (non-hydrogen) atoms. The highest BCUT2D eigenvalue weighted by molar-refractivity contribution is 6.17. The summed E-state index contributed by atoms with van der Waals surface area (Å²) in [6.45, 7) is 0. The number of hydrogen-bond donors (Lipinski definition) is 0. The standard InChI is InChI=1S/C23H17N/c1-24-19-11-5-10-18-16-8-3-2-7-15(16)17-9-4-6-14-12-13-20(24)23(21(14)17)22(18)19/h2-9,11-13,18H,10H2,1H3. The van der Waals surface area contributed by atoms with E-state index in [9.17, 15) is 0 Å². The predicted molar refractivity (Wildman–Crippen MR) is 101 cm³/mol. The minimum atomic E-state index is 0.461. The maximum absolute atomic E-state index is 2.37. The number of rotatable bonds is 0. The van der Waals surface area contributed by atoms with E-state index in [0.717, 1.165) is 6.42 Å². The lowest BCUT2D eigenvalue weighted by Crippen LogP contribution is -2.06. The fourth-order valence-corrected chi connectivity index (χ4v) is 4.90. The topological polar surface area (TPSA) is 4.93 Å². The van der Waals surface area contributed by atoms with Crippen LogP contribution in [-0.4, -0.2) is 4.57 Å². The second-order valence-electron chi connectivity index (χ2n) is 7.00. The molecule has 1 nitrogen and oxygen atoms in total. The molecule has 0 bridgehead atoms. The number of aromatic nitrogens is 1. The summed E-state index contributed by atoms with van der Waals surface area (Å²) in [5, 5.41) is 4.24. The molecule has 0 aliphatic heterocycles. The molecular weight excluding hydrogens is 290 g/mol. The Bertz CT molecular complexity index is 1190.